The minimum absolute atomic E-state index is 0.0434. The molecule has 2 N–H and O–H groups in total. The Morgan fingerprint density at radius 1 is 1.24 bits per heavy atom. The summed E-state index contributed by atoms with van der Waals surface area (Å²) in [6, 6.07) is 0.548. The quantitative estimate of drug-likeness (QED) is 0.768. The molecule has 0 aromatic heterocycles. The second-order valence-electron chi connectivity index (χ2n) is 6.31. The van der Waals surface area contributed by atoms with E-state index < -0.39 is 0 Å². The molecule has 2 saturated carbocycles. The van der Waals surface area contributed by atoms with E-state index in [1.807, 2.05) is 6.92 Å². The highest BCUT2D eigenvalue weighted by atomic mass is 16.2. The van der Waals surface area contributed by atoms with Gasteiger partial charge in [-0.05, 0) is 43.9 Å². The Kier molecular flexibility index (Phi) is 4.08. The van der Waals surface area contributed by atoms with Crippen LogP contribution in [0.15, 0.2) is 0 Å². The topological polar surface area (TPSA) is 41.1 Å². The molecule has 4 unspecified atom stereocenters. The number of carbonyl (C=O) groups excluding carboxylic acids is 1. The molecule has 2 bridgehead atoms. The summed E-state index contributed by atoms with van der Waals surface area (Å²) in [4.78, 5) is 11.9. The maximum atomic E-state index is 11.9. The van der Waals surface area contributed by atoms with Crippen molar-refractivity contribution in [3.8, 4) is 0 Å². The monoisotopic (exact) mass is 238 g/mol. The first-order chi connectivity index (χ1) is 8.06. The molecule has 0 heterocycles. The van der Waals surface area contributed by atoms with Gasteiger partial charge >= 0.3 is 0 Å². The summed E-state index contributed by atoms with van der Waals surface area (Å²) < 4.78 is 0. The van der Waals surface area contributed by atoms with Gasteiger partial charge in [0.1, 0.15) is 0 Å². The van der Waals surface area contributed by atoms with Gasteiger partial charge in [-0.15, -0.1) is 0 Å². The molecular formula is C14H26N2O. The summed E-state index contributed by atoms with van der Waals surface area (Å²) in [6.45, 7) is 7.01. The predicted octanol–water partition coefficient (Wildman–Crippen LogP) is 1.93. The van der Waals surface area contributed by atoms with E-state index in [9.17, 15) is 4.79 Å². The maximum Gasteiger partial charge on any atom is 0.236 e. The number of amides is 1. The van der Waals surface area contributed by atoms with E-state index in [0.29, 0.717) is 12.0 Å². The zero-order valence-corrected chi connectivity index (χ0v) is 11.3. The standard InChI is InChI=1S/C14H26N2O/c1-9(2)8-15-14(17)10(3)16-13-7-11-4-5-12(13)6-11/h9-13,16H,4-8H2,1-3H3,(H,15,17). The molecule has 2 aliphatic carbocycles. The first-order valence-electron chi connectivity index (χ1n) is 7.10. The van der Waals surface area contributed by atoms with Crippen LogP contribution in [0.2, 0.25) is 0 Å². The number of hydrogen-bond donors (Lipinski definition) is 2. The summed E-state index contributed by atoms with van der Waals surface area (Å²) in [5.74, 6) is 2.44. The molecule has 1 amide bonds. The zero-order chi connectivity index (χ0) is 12.4. The van der Waals surface area contributed by atoms with Crippen LogP contribution in [0.5, 0.6) is 0 Å². The van der Waals surface area contributed by atoms with Crippen LogP contribution in [0.3, 0.4) is 0 Å². The molecule has 17 heavy (non-hydrogen) atoms. The summed E-state index contributed by atoms with van der Waals surface area (Å²) in [7, 11) is 0. The van der Waals surface area contributed by atoms with E-state index in [-0.39, 0.29) is 11.9 Å². The normalized spacial score (nSPS) is 33.1. The lowest BCUT2D eigenvalue weighted by molar-refractivity contribution is -0.123. The second-order valence-corrected chi connectivity index (χ2v) is 6.31. The first kappa shape index (κ1) is 12.9. The highest BCUT2D eigenvalue weighted by Crippen LogP contribution is 2.44. The third-order valence-electron chi connectivity index (χ3n) is 4.28. The lowest BCUT2D eigenvalue weighted by atomic mass is 9.95. The predicted molar refractivity (Wildman–Crippen MR) is 69.7 cm³/mol. The van der Waals surface area contributed by atoms with Crippen LogP contribution < -0.4 is 10.6 Å². The van der Waals surface area contributed by atoms with Gasteiger partial charge in [0, 0.05) is 12.6 Å². The highest BCUT2D eigenvalue weighted by molar-refractivity contribution is 5.81. The number of hydrogen-bond acceptors (Lipinski definition) is 2. The summed E-state index contributed by atoms with van der Waals surface area (Å²) in [5.41, 5.74) is 0. The number of carbonyl (C=O) groups is 1. The van der Waals surface area contributed by atoms with Gasteiger partial charge in [-0.3, -0.25) is 4.79 Å². The lowest BCUT2D eigenvalue weighted by Crippen LogP contribution is -2.48. The van der Waals surface area contributed by atoms with Crippen LogP contribution in [0.4, 0.5) is 0 Å². The molecule has 0 aliphatic heterocycles. The minimum atomic E-state index is -0.0434. The van der Waals surface area contributed by atoms with Gasteiger partial charge in [-0.2, -0.15) is 0 Å². The molecular weight excluding hydrogens is 212 g/mol. The Balaban J connectivity index is 1.73. The van der Waals surface area contributed by atoms with Crippen molar-refractivity contribution < 1.29 is 4.79 Å². The molecule has 98 valence electrons. The SMILES string of the molecule is CC(C)CNC(=O)C(C)NC1CC2CCC1C2. The average molecular weight is 238 g/mol. The molecule has 2 aliphatic rings. The third-order valence-corrected chi connectivity index (χ3v) is 4.28. The Bertz CT molecular complexity index is 277. The fourth-order valence-corrected chi connectivity index (χ4v) is 3.30. The molecule has 2 rings (SSSR count). The Morgan fingerprint density at radius 2 is 2.00 bits per heavy atom. The fourth-order valence-electron chi connectivity index (χ4n) is 3.30. The van der Waals surface area contributed by atoms with Crippen molar-refractivity contribution in [2.75, 3.05) is 6.54 Å². The highest BCUT2D eigenvalue weighted by Gasteiger charge is 2.40. The van der Waals surface area contributed by atoms with E-state index >= 15 is 0 Å². The number of nitrogens with one attached hydrogen (secondary N) is 2. The summed E-state index contributed by atoms with van der Waals surface area (Å²) in [5, 5.41) is 6.52. The van der Waals surface area contributed by atoms with Crippen LogP contribution in [0.1, 0.15) is 46.5 Å². The van der Waals surface area contributed by atoms with Crippen LogP contribution >= 0.6 is 0 Å². The summed E-state index contributed by atoms with van der Waals surface area (Å²) >= 11 is 0. The number of fused-ring (bicyclic) bond motifs is 2. The van der Waals surface area contributed by atoms with E-state index in [1.54, 1.807) is 0 Å². The third kappa shape index (κ3) is 3.21. The van der Waals surface area contributed by atoms with Crippen molar-refractivity contribution >= 4 is 5.91 Å². The molecule has 0 spiro atoms. The van der Waals surface area contributed by atoms with Gasteiger partial charge in [0.25, 0.3) is 0 Å². The van der Waals surface area contributed by atoms with Crippen molar-refractivity contribution in [1.82, 2.24) is 10.6 Å². The molecule has 0 aromatic rings. The maximum absolute atomic E-state index is 11.9. The Hall–Kier alpha value is -0.570. The van der Waals surface area contributed by atoms with E-state index in [1.165, 1.54) is 25.7 Å². The average Bonchev–Trinajstić information content (AvgIpc) is 2.87. The van der Waals surface area contributed by atoms with Gasteiger partial charge in [-0.1, -0.05) is 20.3 Å². The Morgan fingerprint density at radius 3 is 2.53 bits per heavy atom. The van der Waals surface area contributed by atoms with Gasteiger partial charge in [-0.25, -0.2) is 0 Å². The molecule has 2 fully saturated rings. The van der Waals surface area contributed by atoms with Crippen molar-refractivity contribution in [3.05, 3.63) is 0 Å². The first-order valence-corrected chi connectivity index (χ1v) is 7.10. The van der Waals surface area contributed by atoms with E-state index in [2.05, 4.69) is 24.5 Å². The van der Waals surface area contributed by atoms with E-state index in [4.69, 9.17) is 0 Å². The lowest BCUT2D eigenvalue weighted by Gasteiger charge is -2.26. The molecule has 0 aromatic carbocycles. The second kappa shape index (κ2) is 5.38. The minimum Gasteiger partial charge on any atom is -0.354 e. The van der Waals surface area contributed by atoms with Crippen LogP contribution in [-0.2, 0) is 4.79 Å². The molecule has 4 atom stereocenters. The van der Waals surface area contributed by atoms with Gasteiger partial charge in [0.2, 0.25) is 5.91 Å². The van der Waals surface area contributed by atoms with Crippen molar-refractivity contribution in [3.63, 3.8) is 0 Å². The Labute approximate surface area is 105 Å². The number of rotatable bonds is 5. The van der Waals surface area contributed by atoms with Gasteiger partial charge in [0.05, 0.1) is 6.04 Å². The molecule has 0 radical (unpaired) electrons. The van der Waals surface area contributed by atoms with Crippen molar-refractivity contribution in [1.29, 1.82) is 0 Å². The zero-order valence-electron chi connectivity index (χ0n) is 11.3. The summed E-state index contributed by atoms with van der Waals surface area (Å²) in [6.07, 6.45) is 5.45. The van der Waals surface area contributed by atoms with Crippen LogP contribution in [0, 0.1) is 17.8 Å². The molecule has 0 saturated heterocycles. The smallest absolute Gasteiger partial charge is 0.236 e. The van der Waals surface area contributed by atoms with E-state index in [0.717, 1.165) is 18.4 Å². The van der Waals surface area contributed by atoms with Crippen LogP contribution in [-0.4, -0.2) is 24.5 Å². The van der Waals surface area contributed by atoms with Crippen molar-refractivity contribution in [2.24, 2.45) is 17.8 Å². The molecule has 3 nitrogen and oxygen atoms in total. The molecule has 3 heteroatoms. The van der Waals surface area contributed by atoms with Gasteiger partial charge < -0.3 is 10.6 Å². The van der Waals surface area contributed by atoms with Gasteiger partial charge in [0.15, 0.2) is 0 Å². The van der Waals surface area contributed by atoms with Crippen molar-refractivity contribution in [2.45, 2.75) is 58.5 Å². The largest absolute Gasteiger partial charge is 0.354 e. The van der Waals surface area contributed by atoms with Crippen LogP contribution in [0.25, 0.3) is 0 Å². The fraction of sp³-hybridized carbons (Fsp3) is 0.929.